The maximum atomic E-state index is 5.49. The Bertz CT molecular complexity index is 97.0. The molecule has 1 N–H and O–H groups in total. The van der Waals surface area contributed by atoms with Gasteiger partial charge in [-0.2, -0.15) is 0 Å². The largest absolute Gasteiger partial charge is 0.379 e. The molecular weight excluding hydrogens is 166 g/mol. The average Bonchev–Trinajstić information content (AvgIpc) is 2.05. The van der Waals surface area contributed by atoms with Crippen LogP contribution >= 0.6 is 12.4 Å². The fourth-order valence-electron chi connectivity index (χ4n) is 1.56. The molecule has 2 unspecified atom stereocenters. The van der Waals surface area contributed by atoms with Crippen molar-refractivity contribution in [3.63, 3.8) is 0 Å². The molecule has 0 amide bonds. The van der Waals surface area contributed by atoms with Crippen LogP contribution in [0.5, 0.6) is 0 Å². The van der Waals surface area contributed by atoms with Crippen molar-refractivity contribution in [3.05, 3.63) is 0 Å². The van der Waals surface area contributed by atoms with E-state index in [-0.39, 0.29) is 12.4 Å². The van der Waals surface area contributed by atoms with E-state index >= 15 is 0 Å². The fourth-order valence-corrected chi connectivity index (χ4v) is 1.56. The van der Waals surface area contributed by atoms with Gasteiger partial charge >= 0.3 is 0 Å². The van der Waals surface area contributed by atoms with Crippen LogP contribution in [0.2, 0.25) is 0 Å². The van der Waals surface area contributed by atoms with Gasteiger partial charge in [-0.1, -0.05) is 0 Å². The molecule has 0 saturated carbocycles. The maximum absolute atomic E-state index is 5.49. The topological polar surface area (TPSA) is 30.5 Å². The third kappa shape index (κ3) is 2.06. The Balaban J connectivity index is 0.000000605. The van der Waals surface area contributed by atoms with Gasteiger partial charge in [-0.25, -0.2) is 0 Å². The molecule has 0 aromatic rings. The minimum Gasteiger partial charge on any atom is -0.379 e. The van der Waals surface area contributed by atoms with Crippen molar-refractivity contribution < 1.29 is 9.47 Å². The second-order valence-corrected chi connectivity index (χ2v) is 2.83. The number of fused-ring (bicyclic) bond motifs is 1. The van der Waals surface area contributed by atoms with Crippen molar-refractivity contribution in [1.82, 2.24) is 5.32 Å². The highest BCUT2D eigenvalue weighted by atomic mass is 35.5. The van der Waals surface area contributed by atoms with Crippen molar-refractivity contribution in [3.8, 4) is 0 Å². The van der Waals surface area contributed by atoms with Gasteiger partial charge in [0.1, 0.15) is 0 Å². The standard InChI is InChI=1S/C7H13NO2.ClH/c1-3-9-5-7-6(1)8-2-4-10-7;/h6-8H,1-5H2;1H. The summed E-state index contributed by atoms with van der Waals surface area (Å²) < 4.78 is 10.8. The summed E-state index contributed by atoms with van der Waals surface area (Å²) in [6, 6.07) is 0.558. The second-order valence-electron chi connectivity index (χ2n) is 2.83. The molecule has 0 aliphatic carbocycles. The SMILES string of the molecule is C1COC2COCCC2N1.Cl. The molecule has 2 rings (SSSR count). The summed E-state index contributed by atoms with van der Waals surface area (Å²) in [6.07, 6.45) is 1.42. The number of morpholine rings is 1. The van der Waals surface area contributed by atoms with Crippen molar-refractivity contribution >= 4 is 12.4 Å². The van der Waals surface area contributed by atoms with E-state index in [9.17, 15) is 0 Å². The van der Waals surface area contributed by atoms with Gasteiger partial charge in [0.25, 0.3) is 0 Å². The molecule has 11 heavy (non-hydrogen) atoms. The molecule has 0 aromatic heterocycles. The number of rotatable bonds is 0. The molecule has 66 valence electrons. The Morgan fingerprint density at radius 3 is 3.00 bits per heavy atom. The number of ether oxygens (including phenoxy) is 2. The van der Waals surface area contributed by atoms with Gasteiger partial charge in [0.05, 0.1) is 19.3 Å². The van der Waals surface area contributed by atoms with E-state index in [0.29, 0.717) is 12.1 Å². The highest BCUT2D eigenvalue weighted by Crippen LogP contribution is 2.13. The first-order chi connectivity index (χ1) is 4.97. The quantitative estimate of drug-likeness (QED) is 0.576. The molecule has 2 fully saturated rings. The van der Waals surface area contributed by atoms with Crippen LogP contribution in [-0.4, -0.2) is 38.5 Å². The summed E-state index contributed by atoms with van der Waals surface area (Å²) in [4.78, 5) is 0. The smallest absolute Gasteiger partial charge is 0.0962 e. The molecule has 2 aliphatic rings. The summed E-state index contributed by atoms with van der Waals surface area (Å²) in [5.74, 6) is 0. The Morgan fingerprint density at radius 1 is 1.27 bits per heavy atom. The van der Waals surface area contributed by atoms with Gasteiger partial charge in [-0.3, -0.25) is 0 Å². The second kappa shape index (κ2) is 4.26. The lowest BCUT2D eigenvalue weighted by Crippen LogP contribution is -2.53. The fraction of sp³-hybridized carbons (Fsp3) is 1.00. The first-order valence-electron chi connectivity index (χ1n) is 3.89. The third-order valence-electron chi connectivity index (χ3n) is 2.14. The van der Waals surface area contributed by atoms with Crippen LogP contribution in [0.4, 0.5) is 0 Å². The van der Waals surface area contributed by atoms with Crippen LogP contribution in [0.1, 0.15) is 6.42 Å². The van der Waals surface area contributed by atoms with Crippen molar-refractivity contribution in [2.75, 3.05) is 26.4 Å². The van der Waals surface area contributed by atoms with Crippen LogP contribution in [0, 0.1) is 0 Å². The molecular formula is C7H14ClNO2. The zero-order valence-corrected chi connectivity index (χ0v) is 7.23. The van der Waals surface area contributed by atoms with E-state index in [1.807, 2.05) is 0 Å². The van der Waals surface area contributed by atoms with E-state index in [0.717, 1.165) is 32.8 Å². The van der Waals surface area contributed by atoms with Gasteiger partial charge in [0, 0.05) is 19.2 Å². The van der Waals surface area contributed by atoms with Crippen LogP contribution in [0.15, 0.2) is 0 Å². The van der Waals surface area contributed by atoms with Gasteiger partial charge in [-0.05, 0) is 6.42 Å². The molecule has 0 spiro atoms. The number of hydrogen-bond acceptors (Lipinski definition) is 3. The van der Waals surface area contributed by atoms with Crippen LogP contribution < -0.4 is 5.32 Å². The lowest BCUT2D eigenvalue weighted by Gasteiger charge is -2.35. The summed E-state index contributed by atoms with van der Waals surface area (Å²) in [7, 11) is 0. The van der Waals surface area contributed by atoms with E-state index in [1.165, 1.54) is 0 Å². The summed E-state index contributed by atoms with van der Waals surface area (Å²) in [5.41, 5.74) is 0. The number of nitrogens with one attached hydrogen (secondary N) is 1. The average molecular weight is 180 g/mol. The molecule has 4 heteroatoms. The Kier molecular flexibility index (Phi) is 3.59. The van der Waals surface area contributed by atoms with Crippen LogP contribution in [-0.2, 0) is 9.47 Å². The summed E-state index contributed by atoms with van der Waals surface area (Å²) in [5, 5.41) is 3.42. The molecule has 2 aliphatic heterocycles. The highest BCUT2D eigenvalue weighted by Gasteiger charge is 2.28. The maximum Gasteiger partial charge on any atom is 0.0962 e. The minimum atomic E-state index is 0. The molecule has 0 aromatic carbocycles. The minimum absolute atomic E-state index is 0. The van der Waals surface area contributed by atoms with Gasteiger partial charge in [0.2, 0.25) is 0 Å². The zero-order chi connectivity index (χ0) is 6.81. The van der Waals surface area contributed by atoms with Crippen LogP contribution in [0.25, 0.3) is 0 Å². The molecule has 3 nitrogen and oxygen atoms in total. The van der Waals surface area contributed by atoms with E-state index in [4.69, 9.17) is 9.47 Å². The normalized spacial score (nSPS) is 37.1. The number of halogens is 1. The third-order valence-corrected chi connectivity index (χ3v) is 2.14. The number of hydrogen-bond donors (Lipinski definition) is 1. The van der Waals surface area contributed by atoms with Crippen molar-refractivity contribution in [1.29, 1.82) is 0 Å². The first-order valence-corrected chi connectivity index (χ1v) is 3.89. The van der Waals surface area contributed by atoms with Gasteiger partial charge in [0.15, 0.2) is 0 Å². The van der Waals surface area contributed by atoms with Crippen molar-refractivity contribution in [2.24, 2.45) is 0 Å². The molecule has 2 heterocycles. The first kappa shape index (κ1) is 9.26. The van der Waals surface area contributed by atoms with Gasteiger partial charge in [-0.15, -0.1) is 12.4 Å². The Labute approximate surface area is 72.8 Å². The van der Waals surface area contributed by atoms with E-state index in [1.54, 1.807) is 0 Å². The highest BCUT2D eigenvalue weighted by molar-refractivity contribution is 5.85. The van der Waals surface area contributed by atoms with Crippen LogP contribution in [0.3, 0.4) is 0 Å². The summed E-state index contributed by atoms with van der Waals surface area (Å²) in [6.45, 7) is 3.50. The molecule has 0 radical (unpaired) electrons. The van der Waals surface area contributed by atoms with Gasteiger partial charge < -0.3 is 14.8 Å². The lowest BCUT2D eigenvalue weighted by atomic mass is 10.1. The predicted octanol–water partition coefficient (Wildman–Crippen LogP) is 0.185. The van der Waals surface area contributed by atoms with Crippen molar-refractivity contribution in [2.45, 2.75) is 18.6 Å². The monoisotopic (exact) mass is 179 g/mol. The predicted molar refractivity (Wildman–Crippen MR) is 44.2 cm³/mol. The lowest BCUT2D eigenvalue weighted by molar-refractivity contribution is -0.0884. The van der Waals surface area contributed by atoms with E-state index < -0.39 is 0 Å². The van der Waals surface area contributed by atoms with E-state index in [2.05, 4.69) is 5.32 Å². The molecule has 2 atom stereocenters. The summed E-state index contributed by atoms with van der Waals surface area (Å²) >= 11 is 0. The Morgan fingerprint density at radius 2 is 2.18 bits per heavy atom. The molecule has 2 saturated heterocycles. The Hall–Kier alpha value is 0.170. The zero-order valence-electron chi connectivity index (χ0n) is 6.41. The molecule has 0 bridgehead atoms.